The predicted molar refractivity (Wildman–Crippen MR) is 66.2 cm³/mol. The number of carbonyl (C=O) groups excluding carboxylic acids is 1. The summed E-state index contributed by atoms with van der Waals surface area (Å²) in [4.78, 5) is 19.8. The van der Waals surface area contributed by atoms with Crippen LogP contribution in [0.4, 0.5) is 5.82 Å². The van der Waals surface area contributed by atoms with Gasteiger partial charge in [0, 0.05) is 17.5 Å². The highest BCUT2D eigenvalue weighted by molar-refractivity contribution is 6.29. The summed E-state index contributed by atoms with van der Waals surface area (Å²) in [6.45, 7) is 1.86. The van der Waals surface area contributed by atoms with Crippen LogP contribution in [0.1, 0.15) is 16.1 Å². The third-order valence-electron chi connectivity index (χ3n) is 2.12. The van der Waals surface area contributed by atoms with Crippen molar-refractivity contribution in [2.24, 2.45) is 0 Å². The van der Waals surface area contributed by atoms with Crippen LogP contribution in [0.15, 0.2) is 36.5 Å². The number of amides is 1. The van der Waals surface area contributed by atoms with Gasteiger partial charge in [-0.25, -0.2) is 9.97 Å². The number of anilines is 1. The van der Waals surface area contributed by atoms with E-state index in [1.54, 1.807) is 12.1 Å². The first kappa shape index (κ1) is 11.5. The Kier molecular flexibility index (Phi) is 3.35. The minimum atomic E-state index is -0.257. The highest BCUT2D eigenvalue weighted by Crippen LogP contribution is 2.10. The lowest BCUT2D eigenvalue weighted by atomic mass is 10.2. The van der Waals surface area contributed by atoms with Crippen LogP contribution in [-0.2, 0) is 0 Å². The topological polar surface area (TPSA) is 54.9 Å². The first-order valence-corrected chi connectivity index (χ1v) is 5.39. The number of halogens is 1. The van der Waals surface area contributed by atoms with Gasteiger partial charge in [-0.2, -0.15) is 0 Å². The number of nitrogens with zero attached hydrogens (tertiary/aromatic N) is 2. The van der Waals surface area contributed by atoms with Gasteiger partial charge in [-0.3, -0.25) is 4.79 Å². The zero-order valence-corrected chi connectivity index (χ0v) is 9.90. The molecule has 0 atom stereocenters. The van der Waals surface area contributed by atoms with Crippen molar-refractivity contribution < 1.29 is 4.79 Å². The smallest absolute Gasteiger partial charge is 0.256 e. The van der Waals surface area contributed by atoms with E-state index in [4.69, 9.17) is 11.6 Å². The Morgan fingerprint density at radius 2 is 2.18 bits per heavy atom. The molecule has 2 rings (SSSR count). The van der Waals surface area contributed by atoms with Crippen LogP contribution in [0.3, 0.4) is 0 Å². The first-order chi connectivity index (χ1) is 8.15. The number of nitrogens with one attached hydrogen (secondary N) is 1. The molecule has 0 saturated carbocycles. The van der Waals surface area contributed by atoms with Crippen LogP contribution in [0.5, 0.6) is 0 Å². The molecule has 17 heavy (non-hydrogen) atoms. The fraction of sp³-hybridized carbons (Fsp3) is 0.0833. The van der Waals surface area contributed by atoms with Crippen LogP contribution in [0.25, 0.3) is 0 Å². The molecule has 2 aromatic rings. The van der Waals surface area contributed by atoms with Gasteiger partial charge in [-0.15, -0.1) is 0 Å². The normalized spacial score (nSPS) is 10.0. The third-order valence-corrected chi connectivity index (χ3v) is 2.33. The quantitative estimate of drug-likeness (QED) is 0.830. The summed E-state index contributed by atoms with van der Waals surface area (Å²) in [5.41, 5.74) is 1.30. The van der Waals surface area contributed by atoms with Crippen molar-refractivity contribution >= 4 is 23.3 Å². The Morgan fingerprint density at radius 3 is 2.88 bits per heavy atom. The third kappa shape index (κ3) is 3.01. The van der Waals surface area contributed by atoms with Crippen LogP contribution >= 0.6 is 11.6 Å². The van der Waals surface area contributed by atoms with Gasteiger partial charge < -0.3 is 5.32 Å². The minimum absolute atomic E-state index is 0.257. The number of pyridine rings is 2. The summed E-state index contributed by atoms with van der Waals surface area (Å²) < 4.78 is 0. The highest BCUT2D eigenvalue weighted by atomic mass is 35.5. The van der Waals surface area contributed by atoms with Crippen molar-refractivity contribution in [1.82, 2.24) is 9.97 Å². The van der Waals surface area contributed by atoms with Gasteiger partial charge in [0.25, 0.3) is 5.91 Å². The van der Waals surface area contributed by atoms with Crippen molar-refractivity contribution in [3.63, 3.8) is 0 Å². The Labute approximate surface area is 104 Å². The molecule has 5 heteroatoms. The standard InChI is InChI=1S/C12H10ClN3O/c1-8-3-2-4-11(15-8)16-12(17)9-5-6-14-10(13)7-9/h2-7H,1H3,(H,15,16,17). The summed E-state index contributed by atoms with van der Waals surface area (Å²) in [6, 6.07) is 8.52. The molecule has 0 aromatic carbocycles. The van der Waals surface area contributed by atoms with Gasteiger partial charge in [0.05, 0.1) is 0 Å². The number of rotatable bonds is 2. The summed E-state index contributed by atoms with van der Waals surface area (Å²) in [5, 5.41) is 2.98. The van der Waals surface area contributed by atoms with Gasteiger partial charge in [-0.05, 0) is 31.2 Å². The van der Waals surface area contributed by atoms with E-state index >= 15 is 0 Å². The van der Waals surface area contributed by atoms with Crippen molar-refractivity contribution in [3.8, 4) is 0 Å². The molecule has 0 aliphatic heterocycles. The van der Waals surface area contributed by atoms with E-state index < -0.39 is 0 Å². The molecule has 0 unspecified atom stereocenters. The molecular weight excluding hydrogens is 238 g/mol. The second-order valence-corrected chi connectivity index (χ2v) is 3.87. The van der Waals surface area contributed by atoms with Crippen molar-refractivity contribution in [3.05, 3.63) is 52.9 Å². The van der Waals surface area contributed by atoms with Gasteiger partial charge >= 0.3 is 0 Å². The van der Waals surface area contributed by atoms with E-state index in [1.807, 2.05) is 19.1 Å². The van der Waals surface area contributed by atoms with Crippen molar-refractivity contribution in [1.29, 1.82) is 0 Å². The molecule has 2 heterocycles. The molecule has 0 aliphatic carbocycles. The SMILES string of the molecule is Cc1cccc(NC(=O)c2ccnc(Cl)c2)n1. The molecule has 4 nitrogen and oxygen atoms in total. The minimum Gasteiger partial charge on any atom is -0.307 e. The molecule has 0 aliphatic rings. The van der Waals surface area contributed by atoms with E-state index in [0.29, 0.717) is 11.4 Å². The maximum absolute atomic E-state index is 11.8. The molecular formula is C12H10ClN3O. The number of aromatic nitrogens is 2. The predicted octanol–water partition coefficient (Wildman–Crippen LogP) is 2.69. The van der Waals surface area contributed by atoms with E-state index in [-0.39, 0.29) is 11.1 Å². The molecule has 2 aromatic heterocycles. The first-order valence-electron chi connectivity index (χ1n) is 5.02. The molecule has 0 radical (unpaired) electrons. The highest BCUT2D eigenvalue weighted by Gasteiger charge is 2.07. The lowest BCUT2D eigenvalue weighted by Crippen LogP contribution is -2.13. The largest absolute Gasteiger partial charge is 0.307 e. The lowest BCUT2D eigenvalue weighted by Gasteiger charge is -2.04. The zero-order chi connectivity index (χ0) is 12.3. The maximum atomic E-state index is 11.8. The Balaban J connectivity index is 2.17. The Morgan fingerprint density at radius 1 is 1.35 bits per heavy atom. The Bertz CT molecular complexity index is 557. The van der Waals surface area contributed by atoms with Crippen molar-refractivity contribution in [2.75, 3.05) is 5.32 Å². The van der Waals surface area contributed by atoms with Gasteiger partial charge in [0.2, 0.25) is 0 Å². The average molecular weight is 248 g/mol. The van der Waals surface area contributed by atoms with Crippen LogP contribution in [0, 0.1) is 6.92 Å². The molecule has 1 N–H and O–H groups in total. The van der Waals surface area contributed by atoms with Crippen LogP contribution in [0.2, 0.25) is 5.15 Å². The average Bonchev–Trinajstić information content (AvgIpc) is 2.29. The van der Waals surface area contributed by atoms with Crippen LogP contribution in [-0.4, -0.2) is 15.9 Å². The molecule has 0 fully saturated rings. The van der Waals surface area contributed by atoms with Gasteiger partial charge in [0.1, 0.15) is 11.0 Å². The van der Waals surface area contributed by atoms with Gasteiger partial charge in [-0.1, -0.05) is 17.7 Å². The molecule has 0 spiro atoms. The monoisotopic (exact) mass is 247 g/mol. The van der Waals surface area contributed by atoms with Crippen LogP contribution < -0.4 is 5.32 Å². The fourth-order valence-corrected chi connectivity index (χ4v) is 1.52. The molecule has 1 amide bonds. The Hall–Kier alpha value is -1.94. The van der Waals surface area contributed by atoms with E-state index in [0.717, 1.165) is 5.69 Å². The number of carbonyl (C=O) groups is 1. The molecule has 86 valence electrons. The summed E-state index contributed by atoms with van der Waals surface area (Å²) in [5.74, 6) is 0.260. The van der Waals surface area contributed by atoms with E-state index in [1.165, 1.54) is 12.3 Å². The fourth-order valence-electron chi connectivity index (χ4n) is 1.34. The number of hydrogen-bond acceptors (Lipinski definition) is 3. The number of aryl methyl sites for hydroxylation is 1. The van der Waals surface area contributed by atoms with E-state index in [2.05, 4.69) is 15.3 Å². The zero-order valence-electron chi connectivity index (χ0n) is 9.14. The van der Waals surface area contributed by atoms with Crippen molar-refractivity contribution in [2.45, 2.75) is 6.92 Å². The summed E-state index contributed by atoms with van der Waals surface area (Å²) in [7, 11) is 0. The molecule has 0 bridgehead atoms. The summed E-state index contributed by atoms with van der Waals surface area (Å²) >= 11 is 5.71. The second-order valence-electron chi connectivity index (χ2n) is 3.49. The maximum Gasteiger partial charge on any atom is 0.256 e. The lowest BCUT2D eigenvalue weighted by molar-refractivity contribution is 0.102. The molecule has 0 saturated heterocycles. The number of hydrogen-bond donors (Lipinski definition) is 1. The second kappa shape index (κ2) is 4.93. The van der Waals surface area contributed by atoms with E-state index in [9.17, 15) is 4.79 Å². The van der Waals surface area contributed by atoms with Gasteiger partial charge in [0.15, 0.2) is 0 Å². The summed E-state index contributed by atoms with van der Waals surface area (Å²) in [6.07, 6.45) is 1.49.